The summed E-state index contributed by atoms with van der Waals surface area (Å²) in [4.78, 5) is 26.4. The van der Waals surface area contributed by atoms with Gasteiger partial charge in [0.15, 0.2) is 22.8 Å². The highest BCUT2D eigenvalue weighted by Crippen LogP contribution is 2.46. The third-order valence-electron chi connectivity index (χ3n) is 9.56. The lowest BCUT2D eigenvalue weighted by Crippen LogP contribution is -2.75. The molecule has 23 heteroatoms. The Morgan fingerprint density at radius 3 is 1.98 bits per heavy atom. The lowest BCUT2D eigenvalue weighted by Gasteiger charge is -2.22. The Kier molecular flexibility index (Phi) is 12.7. The van der Waals surface area contributed by atoms with Crippen LogP contribution in [0.2, 0.25) is 0 Å². The van der Waals surface area contributed by atoms with Gasteiger partial charge in [-0.05, 0) is 60.0 Å². The van der Waals surface area contributed by atoms with Crippen LogP contribution in [0.1, 0.15) is 34.3 Å². The van der Waals surface area contributed by atoms with E-state index in [1.807, 2.05) is 0 Å². The van der Waals surface area contributed by atoms with Gasteiger partial charge < -0.3 is 19.7 Å². The normalized spacial score (nSPS) is 12.8. The van der Waals surface area contributed by atoms with Crippen molar-refractivity contribution in [1.29, 1.82) is 0 Å². The van der Waals surface area contributed by atoms with E-state index in [9.17, 15) is 61.5 Å². The first-order valence-corrected chi connectivity index (χ1v) is 23.7. The molecule has 2 aliphatic rings. The number of nitrogens with zero attached hydrogens (tertiary/aromatic N) is 1. The van der Waals surface area contributed by atoms with Crippen LogP contribution in [-0.4, -0.2) is 87.4 Å². The second-order valence-corrected chi connectivity index (χ2v) is 19.3. The van der Waals surface area contributed by atoms with E-state index in [4.69, 9.17) is 9.52 Å². The maximum Gasteiger partial charge on any atom is 0.304 e. The van der Waals surface area contributed by atoms with Crippen molar-refractivity contribution in [2.45, 2.75) is 45.5 Å². The minimum Gasteiger partial charge on any atom is -0.481 e. The molecule has 0 unspecified atom stereocenters. The number of benzene rings is 5. The quantitative estimate of drug-likeness (QED) is 0.0575. The number of fused-ring (bicyclic) bond motifs is 2. The molecule has 1 heterocycles. The fraction of sp³-hybridized carbons (Fsp3) is 0.154. The Bertz CT molecular complexity index is 3260. The van der Waals surface area contributed by atoms with Crippen LogP contribution in [-0.2, 0) is 58.4 Å². The van der Waals surface area contributed by atoms with Gasteiger partial charge in [0, 0.05) is 60.3 Å². The van der Waals surface area contributed by atoms with Crippen LogP contribution in [0.4, 0.5) is 5.69 Å². The summed E-state index contributed by atoms with van der Waals surface area (Å²) in [7, 11) is -18.6. The average Bonchev–Trinajstić information content (AvgIpc) is 3.19. The van der Waals surface area contributed by atoms with Crippen LogP contribution in [0.3, 0.4) is 0 Å². The van der Waals surface area contributed by atoms with Crippen molar-refractivity contribution in [3.05, 3.63) is 119 Å². The summed E-state index contributed by atoms with van der Waals surface area (Å²) in [5, 5.41) is 11.4. The lowest BCUT2D eigenvalue weighted by atomic mass is 9.90. The van der Waals surface area contributed by atoms with Crippen molar-refractivity contribution < 1.29 is 76.0 Å². The second kappa shape index (κ2) is 17.4. The second-order valence-electron chi connectivity index (χ2n) is 13.7. The standard InChI is InChI=1S/C39H35N3O16S4/c1-42(20-6-11-33(43)44)39(45)27-9-4-3-8-26(27)34-28-16-18-30(40-21-23-12-14-25(15-13-23)59(46,47)48)37(61(52,53)54)35(28)58-36-29(34)17-19-31(38(36)62(55,56)57)41-22-24-7-2-5-10-32(24)60(49,50)51/h2-5,7-10,12-19,41H,6,11,20-22H2,1H3,(H,43,44)(H,46,47,48)(H,49,50,51)(H,52,53,54)(H,55,56,57)/p+1. The maximum absolute atomic E-state index is 14.0. The number of carbonyl (C=O) groups is 2. The number of anilines is 1. The van der Waals surface area contributed by atoms with Crippen LogP contribution in [0, 0.1) is 0 Å². The van der Waals surface area contributed by atoms with E-state index in [-0.39, 0.29) is 64.5 Å². The Morgan fingerprint density at radius 2 is 1.35 bits per heavy atom. The fourth-order valence-corrected chi connectivity index (χ4v) is 9.59. The SMILES string of the molecule is CN(CCCC(=O)O)C(=O)c1ccccc1-c1c2ccc(=[NH+]Cc3ccc(S(=O)(=O)O)cc3)c(S(=O)(=O)O)c-2oc2c(S(=O)(=O)O)c(NCc3ccccc3S(=O)(=O)O)ccc12. The molecular weight excluding hydrogens is 895 g/mol. The predicted octanol–water partition coefficient (Wildman–Crippen LogP) is 2.92. The van der Waals surface area contributed by atoms with Gasteiger partial charge in [0.25, 0.3) is 36.3 Å². The van der Waals surface area contributed by atoms with Gasteiger partial charge in [0.1, 0.15) is 0 Å². The molecule has 0 spiro atoms. The highest BCUT2D eigenvalue weighted by molar-refractivity contribution is 7.86. The number of aliphatic carboxylic acids is 1. The number of amides is 1. The summed E-state index contributed by atoms with van der Waals surface area (Å²) in [5.74, 6) is -2.37. The molecule has 62 heavy (non-hydrogen) atoms. The Balaban J connectivity index is 1.67. The average molecular weight is 931 g/mol. The monoisotopic (exact) mass is 930 g/mol. The van der Waals surface area contributed by atoms with E-state index < -0.39 is 95.5 Å². The number of rotatable bonds is 15. The molecule has 0 saturated carbocycles. The Labute approximate surface area is 354 Å². The number of carboxylic acids is 1. The van der Waals surface area contributed by atoms with Crippen molar-refractivity contribution in [2.24, 2.45) is 0 Å². The van der Waals surface area contributed by atoms with Crippen molar-refractivity contribution in [1.82, 2.24) is 4.90 Å². The third kappa shape index (κ3) is 9.85. The number of carbonyl (C=O) groups excluding carboxylic acids is 1. The highest BCUT2D eigenvalue weighted by atomic mass is 32.2. The van der Waals surface area contributed by atoms with Crippen LogP contribution in [0.15, 0.2) is 121 Å². The number of carboxylic acid groups (broad SMARTS) is 1. The fourth-order valence-electron chi connectivity index (χ4n) is 6.78. The number of hydrogen-bond acceptors (Lipinski definition) is 12. The molecule has 0 aromatic heterocycles. The molecule has 4 aromatic rings. The van der Waals surface area contributed by atoms with E-state index in [0.29, 0.717) is 5.56 Å². The summed E-state index contributed by atoms with van der Waals surface area (Å²) in [6.45, 7) is -0.652. The summed E-state index contributed by atoms with van der Waals surface area (Å²) in [5.41, 5.74) is -0.778. The van der Waals surface area contributed by atoms with Crippen LogP contribution in [0.5, 0.6) is 0 Å². The van der Waals surface area contributed by atoms with Gasteiger partial charge in [0.05, 0.1) is 15.5 Å². The Morgan fingerprint density at radius 1 is 0.710 bits per heavy atom. The largest absolute Gasteiger partial charge is 0.481 e. The first-order valence-electron chi connectivity index (χ1n) is 18.0. The summed E-state index contributed by atoms with van der Waals surface area (Å²) in [6.07, 6.45) is -0.147. The number of hydrogen-bond donors (Lipinski definition) is 7. The molecule has 4 aromatic carbocycles. The van der Waals surface area contributed by atoms with E-state index >= 15 is 0 Å². The molecule has 1 aliphatic carbocycles. The zero-order valence-electron chi connectivity index (χ0n) is 32.1. The molecule has 326 valence electrons. The molecule has 7 N–H and O–H groups in total. The zero-order chi connectivity index (χ0) is 45.4. The van der Waals surface area contributed by atoms with Crippen LogP contribution in [0.25, 0.3) is 33.4 Å². The first-order chi connectivity index (χ1) is 29.0. The molecular formula is C39H36N3O16S4+. The summed E-state index contributed by atoms with van der Waals surface area (Å²) in [6, 6.07) is 21.1. The van der Waals surface area contributed by atoms with Gasteiger partial charge in [-0.15, -0.1) is 0 Å². The minimum absolute atomic E-state index is 0.00814. The lowest BCUT2D eigenvalue weighted by molar-refractivity contribution is -0.520. The minimum atomic E-state index is -5.38. The molecule has 0 fully saturated rings. The van der Waals surface area contributed by atoms with Crippen molar-refractivity contribution >= 4 is 69.0 Å². The Hall–Kier alpha value is -6.05. The third-order valence-corrected chi connectivity index (χ3v) is 13.2. The van der Waals surface area contributed by atoms with Crippen molar-refractivity contribution in [2.75, 3.05) is 18.9 Å². The van der Waals surface area contributed by atoms with E-state index in [0.717, 1.165) is 18.2 Å². The maximum atomic E-state index is 14.0. The summed E-state index contributed by atoms with van der Waals surface area (Å²) >= 11 is 0. The van der Waals surface area contributed by atoms with Gasteiger partial charge in [-0.2, -0.15) is 33.7 Å². The van der Waals surface area contributed by atoms with Gasteiger partial charge in [0.2, 0.25) is 10.3 Å². The predicted molar refractivity (Wildman–Crippen MR) is 219 cm³/mol. The summed E-state index contributed by atoms with van der Waals surface area (Å²) < 4.78 is 148. The molecule has 1 amide bonds. The molecule has 19 nitrogen and oxygen atoms in total. The van der Waals surface area contributed by atoms with Gasteiger partial charge in [-0.1, -0.05) is 48.5 Å². The molecule has 0 bridgehead atoms. The van der Waals surface area contributed by atoms with Crippen molar-refractivity contribution in [3.63, 3.8) is 0 Å². The van der Waals surface area contributed by atoms with Crippen LogP contribution >= 0.6 is 0 Å². The molecule has 0 saturated heterocycles. The highest BCUT2D eigenvalue weighted by Gasteiger charge is 2.34. The van der Waals surface area contributed by atoms with Gasteiger partial charge in [-0.25, -0.2) is 4.99 Å². The van der Waals surface area contributed by atoms with Gasteiger partial charge >= 0.3 is 16.1 Å². The van der Waals surface area contributed by atoms with Crippen molar-refractivity contribution in [3.8, 4) is 22.5 Å². The first kappa shape index (κ1) is 45.5. The molecule has 1 aliphatic heterocycles. The van der Waals surface area contributed by atoms with E-state index in [1.54, 1.807) is 0 Å². The van der Waals surface area contributed by atoms with Crippen LogP contribution < -0.4 is 15.7 Å². The molecule has 6 rings (SSSR count). The zero-order valence-corrected chi connectivity index (χ0v) is 35.3. The number of nitrogens with one attached hydrogen (secondary N) is 2. The van der Waals surface area contributed by atoms with E-state index in [1.165, 1.54) is 90.8 Å². The van der Waals surface area contributed by atoms with Gasteiger partial charge in [-0.3, -0.25) is 27.8 Å². The molecule has 0 atom stereocenters. The smallest absolute Gasteiger partial charge is 0.304 e. The molecule has 0 radical (unpaired) electrons. The van der Waals surface area contributed by atoms with E-state index in [2.05, 4.69) is 10.3 Å². The topological polar surface area (TPSA) is 314 Å².